The minimum absolute atomic E-state index is 0.0526. The van der Waals surface area contributed by atoms with Crippen molar-refractivity contribution in [1.29, 1.82) is 0 Å². The molecule has 8 heteroatoms. The van der Waals surface area contributed by atoms with Crippen molar-refractivity contribution in [3.63, 3.8) is 0 Å². The fourth-order valence-corrected chi connectivity index (χ4v) is 3.47. The molecule has 1 aromatic rings. The summed E-state index contributed by atoms with van der Waals surface area (Å²) in [7, 11) is -0.377. The molecule has 2 heterocycles. The van der Waals surface area contributed by atoms with Gasteiger partial charge < -0.3 is 9.73 Å². The van der Waals surface area contributed by atoms with Crippen molar-refractivity contribution in [2.24, 2.45) is 0 Å². The van der Waals surface area contributed by atoms with Crippen LogP contribution in [0, 0.1) is 0 Å². The number of likely N-dealkylation sites (tertiary alicyclic amines) is 1. The number of furan rings is 1. The molecule has 0 bridgehead atoms. The quantitative estimate of drug-likeness (QED) is 0.798. The van der Waals surface area contributed by atoms with Crippen LogP contribution in [0.2, 0.25) is 0 Å². The lowest BCUT2D eigenvalue weighted by Gasteiger charge is -2.31. The smallest absolute Gasteiger partial charge is 0.287 e. The number of piperidine rings is 1. The summed E-state index contributed by atoms with van der Waals surface area (Å²) in [6, 6.07) is 3.61. The Hall–Kier alpha value is -1.38. The lowest BCUT2D eigenvalue weighted by molar-refractivity contribution is 0.0919. The average Bonchev–Trinajstić information content (AvgIpc) is 3.04. The molecule has 1 aliphatic heterocycles. The van der Waals surface area contributed by atoms with Gasteiger partial charge in [0, 0.05) is 20.6 Å². The first-order valence-corrected chi connectivity index (χ1v) is 9.94. The van der Waals surface area contributed by atoms with Crippen LogP contribution in [-0.4, -0.2) is 63.0 Å². The van der Waals surface area contributed by atoms with Gasteiger partial charge in [-0.15, -0.1) is 0 Å². The van der Waals surface area contributed by atoms with E-state index < -0.39 is 10.0 Å². The predicted molar refractivity (Wildman–Crippen MR) is 92.4 cm³/mol. The van der Waals surface area contributed by atoms with Gasteiger partial charge in [-0.3, -0.25) is 9.69 Å². The zero-order valence-electron chi connectivity index (χ0n) is 14.6. The van der Waals surface area contributed by atoms with E-state index in [1.807, 2.05) is 6.07 Å². The topological polar surface area (TPSA) is 82.9 Å². The second-order valence-corrected chi connectivity index (χ2v) is 8.63. The van der Waals surface area contributed by atoms with Gasteiger partial charge in [0.1, 0.15) is 5.76 Å². The summed E-state index contributed by atoms with van der Waals surface area (Å²) < 4.78 is 30.1. The molecule has 0 unspecified atom stereocenters. The van der Waals surface area contributed by atoms with Crippen molar-refractivity contribution in [2.45, 2.75) is 32.2 Å². The Bertz CT molecular complexity index is 648. The van der Waals surface area contributed by atoms with Crippen LogP contribution in [0.1, 0.15) is 48.5 Å². The summed E-state index contributed by atoms with van der Waals surface area (Å²) in [4.78, 5) is 14.4. The van der Waals surface area contributed by atoms with Crippen molar-refractivity contribution >= 4 is 15.9 Å². The molecule has 1 N–H and O–H groups in total. The maximum atomic E-state index is 12.1. The first-order valence-electron chi connectivity index (χ1n) is 8.33. The zero-order valence-corrected chi connectivity index (χ0v) is 15.4. The number of nitrogens with one attached hydrogen (secondary N) is 1. The Morgan fingerprint density at radius 2 is 1.96 bits per heavy atom. The van der Waals surface area contributed by atoms with Crippen LogP contribution in [-0.2, 0) is 10.0 Å². The van der Waals surface area contributed by atoms with Crippen LogP contribution < -0.4 is 5.32 Å². The number of rotatable bonds is 7. The number of amides is 1. The number of hydrogen-bond acceptors (Lipinski definition) is 5. The van der Waals surface area contributed by atoms with Gasteiger partial charge in [0.25, 0.3) is 5.91 Å². The standard InChI is InChI=1S/C16H27N3O4S/c1-13(19-10-5-4-6-11-19)14-7-8-15(23-14)16(20)17-9-12-24(21,22)18(2)3/h7-8,13H,4-6,9-12H2,1-3H3,(H,17,20)/t13-/m0/s1. The third kappa shape index (κ3) is 4.81. The van der Waals surface area contributed by atoms with E-state index in [-0.39, 0.29) is 30.0 Å². The lowest BCUT2D eigenvalue weighted by atomic mass is 10.1. The molecule has 136 valence electrons. The van der Waals surface area contributed by atoms with E-state index >= 15 is 0 Å². The second kappa shape index (κ2) is 8.13. The Labute approximate surface area is 144 Å². The van der Waals surface area contributed by atoms with Gasteiger partial charge in [0.2, 0.25) is 10.0 Å². The molecule has 0 spiro atoms. The van der Waals surface area contributed by atoms with E-state index in [1.165, 1.54) is 33.4 Å². The van der Waals surface area contributed by atoms with Gasteiger partial charge in [-0.1, -0.05) is 6.42 Å². The third-order valence-electron chi connectivity index (χ3n) is 4.40. The number of carbonyl (C=O) groups is 1. The highest BCUT2D eigenvalue weighted by molar-refractivity contribution is 7.89. The van der Waals surface area contributed by atoms with Crippen molar-refractivity contribution in [2.75, 3.05) is 39.5 Å². The van der Waals surface area contributed by atoms with E-state index in [2.05, 4.69) is 17.1 Å². The van der Waals surface area contributed by atoms with E-state index in [0.717, 1.165) is 23.2 Å². The normalized spacial score (nSPS) is 17.8. The molecule has 0 aromatic carbocycles. The summed E-state index contributed by atoms with van der Waals surface area (Å²) in [5.41, 5.74) is 0. The van der Waals surface area contributed by atoms with Crippen LogP contribution in [0.15, 0.2) is 16.5 Å². The molecular weight excluding hydrogens is 330 g/mol. The SMILES string of the molecule is C[C@@H](c1ccc(C(=O)NCCS(=O)(=O)N(C)C)o1)N1CCCCC1. The Kier molecular flexibility index (Phi) is 6.42. The maximum Gasteiger partial charge on any atom is 0.287 e. The minimum atomic E-state index is -3.32. The second-order valence-electron chi connectivity index (χ2n) is 6.33. The molecule has 2 rings (SSSR count). The Morgan fingerprint density at radius 1 is 1.29 bits per heavy atom. The highest BCUT2D eigenvalue weighted by Gasteiger charge is 2.22. The highest BCUT2D eigenvalue weighted by atomic mass is 32.2. The molecule has 0 aliphatic carbocycles. The summed E-state index contributed by atoms with van der Waals surface area (Å²) in [6.07, 6.45) is 3.66. The van der Waals surface area contributed by atoms with Crippen molar-refractivity contribution in [3.8, 4) is 0 Å². The van der Waals surface area contributed by atoms with Gasteiger partial charge >= 0.3 is 0 Å². The van der Waals surface area contributed by atoms with Crippen molar-refractivity contribution in [3.05, 3.63) is 23.7 Å². The van der Waals surface area contributed by atoms with Gasteiger partial charge in [-0.25, -0.2) is 12.7 Å². The molecular formula is C16H27N3O4S. The molecule has 1 saturated heterocycles. The Balaban J connectivity index is 1.89. The van der Waals surface area contributed by atoms with Crippen LogP contribution in [0.3, 0.4) is 0 Å². The molecule has 24 heavy (non-hydrogen) atoms. The first-order chi connectivity index (χ1) is 11.3. The van der Waals surface area contributed by atoms with E-state index in [4.69, 9.17) is 4.42 Å². The van der Waals surface area contributed by atoms with Crippen molar-refractivity contribution in [1.82, 2.24) is 14.5 Å². The van der Waals surface area contributed by atoms with Gasteiger partial charge in [0.15, 0.2) is 5.76 Å². The van der Waals surface area contributed by atoms with Crippen LogP contribution in [0.5, 0.6) is 0 Å². The third-order valence-corrected chi connectivity index (χ3v) is 6.24. The molecule has 0 saturated carbocycles. The number of sulfonamides is 1. The number of hydrogen-bond donors (Lipinski definition) is 1. The lowest BCUT2D eigenvalue weighted by Crippen LogP contribution is -2.33. The number of carbonyl (C=O) groups excluding carboxylic acids is 1. The first kappa shape index (κ1) is 19.0. The molecule has 1 amide bonds. The maximum absolute atomic E-state index is 12.1. The molecule has 0 radical (unpaired) electrons. The highest BCUT2D eigenvalue weighted by Crippen LogP contribution is 2.25. The van der Waals surface area contributed by atoms with E-state index in [0.29, 0.717) is 0 Å². The summed E-state index contributed by atoms with van der Waals surface area (Å²) in [6.45, 7) is 4.23. The fourth-order valence-electron chi connectivity index (χ4n) is 2.75. The monoisotopic (exact) mass is 357 g/mol. The minimum Gasteiger partial charge on any atom is -0.454 e. The molecule has 1 aromatic heterocycles. The summed E-state index contributed by atoms with van der Waals surface area (Å²) >= 11 is 0. The summed E-state index contributed by atoms with van der Waals surface area (Å²) in [5, 5.41) is 2.59. The predicted octanol–water partition coefficient (Wildman–Crippen LogP) is 1.45. The zero-order chi connectivity index (χ0) is 17.7. The largest absolute Gasteiger partial charge is 0.454 e. The van der Waals surface area contributed by atoms with Gasteiger partial charge in [0.05, 0.1) is 11.8 Å². The Morgan fingerprint density at radius 3 is 2.58 bits per heavy atom. The fraction of sp³-hybridized carbons (Fsp3) is 0.688. The van der Waals surface area contributed by atoms with Crippen molar-refractivity contribution < 1.29 is 17.6 Å². The molecule has 1 fully saturated rings. The van der Waals surface area contributed by atoms with E-state index in [9.17, 15) is 13.2 Å². The van der Waals surface area contributed by atoms with Crippen LogP contribution in [0.4, 0.5) is 0 Å². The van der Waals surface area contributed by atoms with Gasteiger partial charge in [-0.05, 0) is 45.0 Å². The molecule has 1 aliphatic rings. The van der Waals surface area contributed by atoms with Crippen LogP contribution in [0.25, 0.3) is 0 Å². The molecule has 1 atom stereocenters. The molecule has 7 nitrogen and oxygen atoms in total. The average molecular weight is 357 g/mol. The van der Waals surface area contributed by atoms with E-state index in [1.54, 1.807) is 6.07 Å². The van der Waals surface area contributed by atoms with Gasteiger partial charge in [-0.2, -0.15) is 0 Å². The summed E-state index contributed by atoms with van der Waals surface area (Å²) in [5.74, 6) is 0.462. The number of nitrogens with zero attached hydrogens (tertiary/aromatic N) is 2. The van der Waals surface area contributed by atoms with Crippen LogP contribution >= 0.6 is 0 Å².